The summed E-state index contributed by atoms with van der Waals surface area (Å²) in [4.78, 5) is 0. The van der Waals surface area contributed by atoms with Gasteiger partial charge in [0.1, 0.15) is 5.82 Å². The van der Waals surface area contributed by atoms with E-state index in [4.69, 9.17) is 5.11 Å². The standard InChI is InChI=1S/C13H20FNOS/c1-10(11-4-3-5-12(14)8-11)15-13(6-7-16)9-17-2/h3-5,8,10,13,15-16H,6-7,9H2,1-2H3. The summed E-state index contributed by atoms with van der Waals surface area (Å²) in [7, 11) is 0. The lowest BCUT2D eigenvalue weighted by atomic mass is 10.1. The molecule has 0 bridgehead atoms. The summed E-state index contributed by atoms with van der Waals surface area (Å²) < 4.78 is 13.1. The lowest BCUT2D eigenvalue weighted by Crippen LogP contribution is -2.34. The number of hydrogen-bond donors (Lipinski definition) is 2. The van der Waals surface area contributed by atoms with Crippen LogP contribution in [0.5, 0.6) is 0 Å². The minimum Gasteiger partial charge on any atom is -0.396 e. The number of halogens is 1. The molecule has 1 aromatic carbocycles. The fourth-order valence-electron chi connectivity index (χ4n) is 1.80. The van der Waals surface area contributed by atoms with Crippen LogP contribution in [0.1, 0.15) is 24.9 Å². The predicted octanol–water partition coefficient (Wildman–Crippen LogP) is 2.59. The average molecular weight is 257 g/mol. The highest BCUT2D eigenvalue weighted by Gasteiger charge is 2.12. The molecule has 0 radical (unpaired) electrons. The highest BCUT2D eigenvalue weighted by atomic mass is 32.2. The molecule has 2 nitrogen and oxygen atoms in total. The summed E-state index contributed by atoms with van der Waals surface area (Å²) in [5.74, 6) is 0.736. The molecule has 4 heteroatoms. The highest BCUT2D eigenvalue weighted by Crippen LogP contribution is 2.15. The number of rotatable bonds is 7. The molecule has 1 rings (SSSR count). The fourth-order valence-corrected chi connectivity index (χ4v) is 2.46. The molecule has 96 valence electrons. The van der Waals surface area contributed by atoms with Crippen LogP contribution < -0.4 is 5.32 Å². The van der Waals surface area contributed by atoms with Crippen LogP contribution in [-0.4, -0.2) is 29.8 Å². The van der Waals surface area contributed by atoms with Crippen LogP contribution in [0.15, 0.2) is 24.3 Å². The summed E-state index contributed by atoms with van der Waals surface area (Å²) >= 11 is 1.74. The van der Waals surface area contributed by atoms with Crippen molar-refractivity contribution in [2.45, 2.75) is 25.4 Å². The van der Waals surface area contributed by atoms with E-state index in [2.05, 4.69) is 5.32 Å². The zero-order valence-electron chi connectivity index (χ0n) is 10.3. The van der Waals surface area contributed by atoms with Gasteiger partial charge in [0.25, 0.3) is 0 Å². The quantitative estimate of drug-likeness (QED) is 0.787. The van der Waals surface area contributed by atoms with Crippen molar-refractivity contribution >= 4 is 11.8 Å². The van der Waals surface area contributed by atoms with Gasteiger partial charge in [-0.15, -0.1) is 0 Å². The van der Waals surface area contributed by atoms with E-state index in [0.29, 0.717) is 0 Å². The number of thioether (sulfide) groups is 1. The Kier molecular flexibility index (Phi) is 6.55. The molecule has 2 unspecified atom stereocenters. The number of nitrogens with one attached hydrogen (secondary N) is 1. The molecule has 0 saturated carbocycles. The average Bonchev–Trinajstić information content (AvgIpc) is 2.29. The smallest absolute Gasteiger partial charge is 0.123 e. The molecule has 0 aliphatic carbocycles. The third kappa shape index (κ3) is 5.06. The van der Waals surface area contributed by atoms with E-state index < -0.39 is 0 Å². The minimum absolute atomic E-state index is 0.0920. The summed E-state index contributed by atoms with van der Waals surface area (Å²) in [6, 6.07) is 6.98. The van der Waals surface area contributed by atoms with E-state index in [1.807, 2.05) is 19.2 Å². The second-order valence-electron chi connectivity index (χ2n) is 4.11. The first kappa shape index (κ1) is 14.5. The van der Waals surface area contributed by atoms with Crippen LogP contribution in [0.25, 0.3) is 0 Å². The number of benzene rings is 1. The summed E-state index contributed by atoms with van der Waals surface area (Å²) in [6.07, 6.45) is 2.76. The van der Waals surface area contributed by atoms with Gasteiger partial charge in [0.05, 0.1) is 0 Å². The molecule has 0 aliphatic rings. The third-order valence-corrected chi connectivity index (χ3v) is 3.42. The zero-order valence-corrected chi connectivity index (χ0v) is 11.1. The molecular weight excluding hydrogens is 237 g/mol. The van der Waals surface area contributed by atoms with Crippen molar-refractivity contribution < 1.29 is 9.50 Å². The predicted molar refractivity (Wildman–Crippen MR) is 71.8 cm³/mol. The van der Waals surface area contributed by atoms with Crippen molar-refractivity contribution in [3.8, 4) is 0 Å². The highest BCUT2D eigenvalue weighted by molar-refractivity contribution is 7.98. The topological polar surface area (TPSA) is 32.3 Å². The first-order valence-corrected chi connectivity index (χ1v) is 7.18. The van der Waals surface area contributed by atoms with Gasteiger partial charge in [-0.25, -0.2) is 4.39 Å². The van der Waals surface area contributed by atoms with Crippen molar-refractivity contribution in [3.05, 3.63) is 35.6 Å². The van der Waals surface area contributed by atoms with Crippen molar-refractivity contribution in [1.82, 2.24) is 5.32 Å². The second kappa shape index (κ2) is 7.69. The normalized spacial score (nSPS) is 14.6. The lowest BCUT2D eigenvalue weighted by Gasteiger charge is -2.22. The van der Waals surface area contributed by atoms with Gasteiger partial charge < -0.3 is 10.4 Å². The Balaban J connectivity index is 2.59. The second-order valence-corrected chi connectivity index (χ2v) is 5.02. The van der Waals surface area contributed by atoms with Gasteiger partial charge >= 0.3 is 0 Å². The van der Waals surface area contributed by atoms with Crippen LogP contribution in [0, 0.1) is 5.82 Å². The van der Waals surface area contributed by atoms with Gasteiger partial charge in [-0.05, 0) is 37.3 Å². The zero-order chi connectivity index (χ0) is 12.7. The van der Waals surface area contributed by atoms with Crippen molar-refractivity contribution in [1.29, 1.82) is 0 Å². The minimum atomic E-state index is -0.209. The Labute approximate surface area is 107 Å². The van der Waals surface area contributed by atoms with Gasteiger partial charge in [-0.1, -0.05) is 12.1 Å². The molecule has 0 amide bonds. The van der Waals surface area contributed by atoms with Crippen LogP contribution >= 0.6 is 11.8 Å². The van der Waals surface area contributed by atoms with Crippen LogP contribution in [0.2, 0.25) is 0 Å². The Morgan fingerprint density at radius 1 is 1.47 bits per heavy atom. The van der Waals surface area contributed by atoms with Gasteiger partial charge in [-0.3, -0.25) is 0 Å². The summed E-state index contributed by atoms with van der Waals surface area (Å²) in [6.45, 7) is 2.19. The van der Waals surface area contributed by atoms with Gasteiger partial charge in [0, 0.05) is 24.4 Å². The molecular formula is C13H20FNOS. The molecule has 0 aliphatic heterocycles. The number of aliphatic hydroxyl groups excluding tert-OH is 1. The largest absolute Gasteiger partial charge is 0.396 e. The molecule has 2 N–H and O–H groups in total. The van der Waals surface area contributed by atoms with E-state index >= 15 is 0 Å². The van der Waals surface area contributed by atoms with Crippen molar-refractivity contribution in [2.24, 2.45) is 0 Å². The van der Waals surface area contributed by atoms with Crippen molar-refractivity contribution in [3.63, 3.8) is 0 Å². The van der Waals surface area contributed by atoms with E-state index in [-0.39, 0.29) is 24.5 Å². The maximum Gasteiger partial charge on any atom is 0.123 e. The SMILES string of the molecule is CSCC(CCO)NC(C)c1cccc(F)c1. The lowest BCUT2D eigenvalue weighted by molar-refractivity contribution is 0.265. The van der Waals surface area contributed by atoms with Crippen LogP contribution in [0.4, 0.5) is 4.39 Å². The monoisotopic (exact) mass is 257 g/mol. The molecule has 17 heavy (non-hydrogen) atoms. The summed E-state index contributed by atoms with van der Waals surface area (Å²) in [5.41, 5.74) is 0.939. The van der Waals surface area contributed by atoms with Gasteiger partial charge in [-0.2, -0.15) is 11.8 Å². The maximum absolute atomic E-state index is 13.1. The maximum atomic E-state index is 13.1. The van der Waals surface area contributed by atoms with Crippen LogP contribution in [-0.2, 0) is 0 Å². The molecule has 1 aromatic rings. The molecule has 2 atom stereocenters. The van der Waals surface area contributed by atoms with E-state index in [0.717, 1.165) is 17.7 Å². The molecule has 0 saturated heterocycles. The first-order chi connectivity index (χ1) is 8.17. The summed E-state index contributed by atoms with van der Waals surface area (Å²) in [5, 5.41) is 12.4. The molecule has 0 spiro atoms. The van der Waals surface area contributed by atoms with E-state index in [1.54, 1.807) is 23.9 Å². The molecule has 0 heterocycles. The number of aliphatic hydroxyl groups is 1. The Bertz CT molecular complexity index is 329. The number of hydrogen-bond acceptors (Lipinski definition) is 3. The van der Waals surface area contributed by atoms with Crippen LogP contribution in [0.3, 0.4) is 0 Å². The van der Waals surface area contributed by atoms with E-state index in [1.165, 1.54) is 6.07 Å². The Morgan fingerprint density at radius 3 is 2.82 bits per heavy atom. The third-order valence-electron chi connectivity index (χ3n) is 2.68. The van der Waals surface area contributed by atoms with Crippen molar-refractivity contribution in [2.75, 3.05) is 18.6 Å². The fraction of sp³-hybridized carbons (Fsp3) is 0.538. The molecule has 0 fully saturated rings. The Hall–Kier alpha value is -0.580. The first-order valence-electron chi connectivity index (χ1n) is 5.78. The van der Waals surface area contributed by atoms with Gasteiger partial charge in [0.2, 0.25) is 0 Å². The Morgan fingerprint density at radius 2 is 2.24 bits per heavy atom. The van der Waals surface area contributed by atoms with E-state index in [9.17, 15) is 4.39 Å². The molecule has 0 aromatic heterocycles. The van der Waals surface area contributed by atoms with Gasteiger partial charge in [0.15, 0.2) is 0 Å².